The van der Waals surface area contributed by atoms with Gasteiger partial charge in [0.2, 0.25) is 0 Å². The smallest absolute Gasteiger partial charge is 0.353 e. The van der Waals surface area contributed by atoms with Crippen LogP contribution in [0.5, 0.6) is 0 Å². The molecule has 1 fully saturated rings. The van der Waals surface area contributed by atoms with Crippen LogP contribution in [0, 0.1) is 0 Å². The lowest BCUT2D eigenvalue weighted by molar-refractivity contribution is -0.137. The van der Waals surface area contributed by atoms with Crippen molar-refractivity contribution in [1.29, 1.82) is 0 Å². The first-order valence-corrected chi connectivity index (χ1v) is 10.5. The van der Waals surface area contributed by atoms with Crippen LogP contribution in [0.25, 0.3) is 0 Å². The zero-order valence-electron chi connectivity index (χ0n) is 16.5. The number of hydrogen-bond donors (Lipinski definition) is 1. The van der Waals surface area contributed by atoms with Crippen molar-refractivity contribution in [1.82, 2.24) is 14.7 Å². The normalized spacial score (nSPS) is 17.4. The summed E-state index contributed by atoms with van der Waals surface area (Å²) in [4.78, 5) is 11.5. The van der Waals surface area contributed by atoms with E-state index in [1.54, 1.807) is 11.3 Å². The number of hydrogen-bond acceptors (Lipinski definition) is 6. The molecule has 156 valence electrons. The summed E-state index contributed by atoms with van der Waals surface area (Å²) >= 11 is 1.56. The maximum atomic E-state index is 13.2. The third-order valence-corrected chi connectivity index (χ3v) is 6.00. The Kier molecular flexibility index (Phi) is 5.54. The van der Waals surface area contributed by atoms with Gasteiger partial charge in [-0.15, -0.1) is 11.3 Å². The summed E-state index contributed by atoms with van der Waals surface area (Å²) in [6.45, 7) is 5.44. The summed E-state index contributed by atoms with van der Waals surface area (Å²) in [5.41, 5.74) is 2.08. The number of fused-ring (bicyclic) bond motifs is 2. The predicted octanol–water partition coefficient (Wildman–Crippen LogP) is 4.08. The summed E-state index contributed by atoms with van der Waals surface area (Å²) in [5.74, 6) is 0.749. The van der Waals surface area contributed by atoms with Gasteiger partial charge in [-0.05, 0) is 32.3 Å². The molecule has 2 aromatic rings. The van der Waals surface area contributed by atoms with Gasteiger partial charge in [0.15, 0.2) is 0 Å². The molecule has 0 bridgehead atoms. The molecule has 1 saturated heterocycles. The Labute approximate surface area is 172 Å². The first kappa shape index (κ1) is 20.2. The molecule has 29 heavy (non-hydrogen) atoms. The van der Waals surface area contributed by atoms with Gasteiger partial charge in [0.05, 0.1) is 28.2 Å². The molecule has 0 radical (unpaired) electrons. The predicted molar refractivity (Wildman–Crippen MR) is 112 cm³/mol. The Morgan fingerprint density at radius 3 is 2.55 bits per heavy atom. The fraction of sp³-hybridized carbons (Fsp3) is 0.450. The van der Waals surface area contributed by atoms with Crippen molar-refractivity contribution >= 4 is 34.2 Å². The van der Waals surface area contributed by atoms with E-state index in [9.17, 15) is 13.2 Å². The molecule has 1 N–H and O–H groups in total. The molecule has 1 aromatic heterocycles. The van der Waals surface area contributed by atoms with Crippen molar-refractivity contribution in [3.63, 3.8) is 0 Å². The quantitative estimate of drug-likeness (QED) is 0.807. The number of amidine groups is 1. The van der Waals surface area contributed by atoms with Gasteiger partial charge in [-0.2, -0.15) is 13.2 Å². The Hall–Kier alpha value is -2.10. The van der Waals surface area contributed by atoms with E-state index in [1.165, 1.54) is 6.07 Å². The topological polar surface area (TPSA) is 34.1 Å². The fourth-order valence-electron chi connectivity index (χ4n) is 3.56. The van der Waals surface area contributed by atoms with Gasteiger partial charge >= 0.3 is 6.18 Å². The maximum absolute atomic E-state index is 13.2. The van der Waals surface area contributed by atoms with E-state index < -0.39 is 11.7 Å². The first-order chi connectivity index (χ1) is 13.8. The highest BCUT2D eigenvalue weighted by Gasteiger charge is 2.32. The van der Waals surface area contributed by atoms with Crippen molar-refractivity contribution < 1.29 is 13.2 Å². The second kappa shape index (κ2) is 7.97. The number of halogens is 3. The number of rotatable bonds is 3. The molecule has 4 rings (SSSR count). The molecule has 0 unspecified atom stereocenters. The van der Waals surface area contributed by atoms with Crippen LogP contribution < -0.4 is 5.32 Å². The average Bonchev–Trinajstić information content (AvgIpc) is 3.07. The summed E-state index contributed by atoms with van der Waals surface area (Å²) in [6.07, 6.45) is -4.39. The number of piperazine rings is 1. The lowest BCUT2D eigenvalue weighted by Crippen LogP contribution is -2.50. The summed E-state index contributed by atoms with van der Waals surface area (Å²) in [5, 5.41) is 7.25. The molecular weight excluding hydrogens is 399 g/mol. The second-order valence-electron chi connectivity index (χ2n) is 7.62. The van der Waals surface area contributed by atoms with E-state index in [1.807, 2.05) is 10.8 Å². The number of benzene rings is 1. The molecule has 1 aromatic carbocycles. The van der Waals surface area contributed by atoms with Crippen molar-refractivity contribution in [2.75, 3.05) is 58.7 Å². The number of anilines is 2. The van der Waals surface area contributed by atoms with Crippen LogP contribution in [0.3, 0.4) is 0 Å². The van der Waals surface area contributed by atoms with Gasteiger partial charge in [0.25, 0.3) is 0 Å². The van der Waals surface area contributed by atoms with Crippen LogP contribution in [-0.4, -0.2) is 73.9 Å². The SMILES string of the molecule is CN(C)CCN1CCN(C2=Nc3cc(C(F)(F)F)ccc3Nc3cscc32)CC1. The zero-order chi connectivity index (χ0) is 20.6. The highest BCUT2D eigenvalue weighted by Crippen LogP contribution is 2.40. The number of nitrogens with one attached hydrogen (secondary N) is 1. The van der Waals surface area contributed by atoms with E-state index in [-0.39, 0.29) is 0 Å². The molecule has 0 aliphatic carbocycles. The molecular formula is C20H24F3N5S. The van der Waals surface area contributed by atoms with Crippen molar-refractivity contribution in [2.45, 2.75) is 6.18 Å². The zero-order valence-corrected chi connectivity index (χ0v) is 17.3. The Morgan fingerprint density at radius 1 is 1.10 bits per heavy atom. The van der Waals surface area contributed by atoms with Crippen molar-refractivity contribution in [3.05, 3.63) is 40.1 Å². The van der Waals surface area contributed by atoms with Gasteiger partial charge < -0.3 is 15.1 Å². The second-order valence-corrected chi connectivity index (χ2v) is 8.36. The fourth-order valence-corrected chi connectivity index (χ4v) is 4.32. The number of thiophene rings is 1. The summed E-state index contributed by atoms with van der Waals surface area (Å²) in [6, 6.07) is 3.69. The number of aliphatic imine (C=N–C) groups is 1. The van der Waals surface area contributed by atoms with Gasteiger partial charge in [0.1, 0.15) is 5.84 Å². The third-order valence-electron chi connectivity index (χ3n) is 5.26. The van der Waals surface area contributed by atoms with Crippen molar-refractivity contribution in [2.24, 2.45) is 4.99 Å². The standard InChI is InChI=1S/C20H24F3N5S/c1-26(2)5-6-27-7-9-28(10-8-27)19-15-12-29-13-18(15)24-16-4-3-14(20(21,22)23)11-17(16)25-19/h3-4,11-13,24H,5-10H2,1-2H3. The largest absolute Gasteiger partial charge is 0.416 e. The summed E-state index contributed by atoms with van der Waals surface area (Å²) < 4.78 is 39.6. The lowest BCUT2D eigenvalue weighted by atomic mass is 10.1. The molecule has 3 heterocycles. The molecule has 2 aliphatic rings. The molecule has 5 nitrogen and oxygen atoms in total. The molecule has 9 heteroatoms. The Bertz CT molecular complexity index is 898. The van der Waals surface area contributed by atoms with Crippen LogP contribution >= 0.6 is 11.3 Å². The highest BCUT2D eigenvalue weighted by atomic mass is 32.1. The number of nitrogens with zero attached hydrogens (tertiary/aromatic N) is 4. The van der Waals surface area contributed by atoms with E-state index in [4.69, 9.17) is 4.99 Å². The Morgan fingerprint density at radius 2 is 1.86 bits per heavy atom. The van der Waals surface area contributed by atoms with E-state index in [0.717, 1.165) is 68.5 Å². The monoisotopic (exact) mass is 423 g/mol. The van der Waals surface area contributed by atoms with Crippen molar-refractivity contribution in [3.8, 4) is 0 Å². The molecule has 0 atom stereocenters. The highest BCUT2D eigenvalue weighted by molar-refractivity contribution is 7.08. The van der Waals surface area contributed by atoms with Crippen LogP contribution in [0.4, 0.5) is 30.2 Å². The number of likely N-dealkylation sites (N-methyl/N-ethyl adjacent to an activating group) is 1. The maximum Gasteiger partial charge on any atom is 0.416 e. The molecule has 0 spiro atoms. The molecule has 0 saturated carbocycles. The summed E-state index contributed by atoms with van der Waals surface area (Å²) in [7, 11) is 4.13. The average molecular weight is 424 g/mol. The van der Waals surface area contributed by atoms with Gasteiger partial charge in [-0.25, -0.2) is 4.99 Å². The number of alkyl halides is 3. The molecule has 0 amide bonds. The van der Waals surface area contributed by atoms with Gasteiger partial charge in [-0.1, -0.05) is 0 Å². The minimum absolute atomic E-state index is 0.325. The van der Waals surface area contributed by atoms with Gasteiger partial charge in [0, 0.05) is 50.0 Å². The van der Waals surface area contributed by atoms with Crippen LogP contribution in [0.15, 0.2) is 34.0 Å². The minimum atomic E-state index is -4.39. The Balaban J connectivity index is 1.61. The first-order valence-electron chi connectivity index (χ1n) is 9.57. The van der Waals surface area contributed by atoms with Gasteiger partial charge in [-0.3, -0.25) is 4.90 Å². The minimum Gasteiger partial charge on any atom is -0.353 e. The van der Waals surface area contributed by atoms with E-state index in [2.05, 4.69) is 34.1 Å². The lowest BCUT2D eigenvalue weighted by Gasteiger charge is -2.36. The molecule has 2 aliphatic heterocycles. The van der Waals surface area contributed by atoms with Crippen LogP contribution in [-0.2, 0) is 6.18 Å². The third kappa shape index (κ3) is 4.41. The van der Waals surface area contributed by atoms with Crippen LogP contribution in [0.2, 0.25) is 0 Å². The van der Waals surface area contributed by atoms with E-state index in [0.29, 0.717) is 11.4 Å². The van der Waals surface area contributed by atoms with Crippen LogP contribution in [0.1, 0.15) is 11.1 Å². The van der Waals surface area contributed by atoms with E-state index >= 15 is 0 Å².